The first-order valence-corrected chi connectivity index (χ1v) is 7.10. The largest absolute Gasteiger partial charge is 0.415 e. The maximum Gasteiger partial charge on any atom is 0.415 e. The number of amides is 1. The lowest BCUT2D eigenvalue weighted by atomic mass is 10.3. The predicted molar refractivity (Wildman–Crippen MR) is 77.5 cm³/mol. The van der Waals surface area contributed by atoms with E-state index in [1.165, 1.54) is 0 Å². The zero-order valence-electron chi connectivity index (χ0n) is 11.1. The van der Waals surface area contributed by atoms with Crippen molar-refractivity contribution in [2.45, 2.75) is 26.4 Å². The van der Waals surface area contributed by atoms with Crippen LogP contribution in [0.4, 0.5) is 4.79 Å². The molecule has 0 unspecified atom stereocenters. The first-order chi connectivity index (χ1) is 9.16. The summed E-state index contributed by atoms with van der Waals surface area (Å²) in [6.07, 6.45) is -0.311. The van der Waals surface area contributed by atoms with Gasteiger partial charge in [0.05, 0.1) is 6.54 Å². The second kappa shape index (κ2) is 6.38. The normalized spacial score (nSPS) is 10.5. The smallest absolute Gasteiger partial charge is 0.410 e. The van der Waals surface area contributed by atoms with Crippen LogP contribution in [0.15, 0.2) is 47.8 Å². The van der Waals surface area contributed by atoms with Gasteiger partial charge in [0.15, 0.2) is 0 Å². The molecule has 100 valence electrons. The summed E-state index contributed by atoms with van der Waals surface area (Å²) in [4.78, 5) is 15.1. The fourth-order valence-electron chi connectivity index (χ4n) is 1.68. The Morgan fingerprint density at radius 2 is 1.95 bits per heavy atom. The third-order valence-corrected chi connectivity index (χ3v) is 3.57. The van der Waals surface area contributed by atoms with Crippen molar-refractivity contribution in [1.82, 2.24) is 4.90 Å². The van der Waals surface area contributed by atoms with Crippen LogP contribution in [0.3, 0.4) is 0 Å². The molecule has 0 radical (unpaired) electrons. The number of nitrogens with zero attached hydrogens (tertiary/aromatic N) is 1. The summed E-state index contributed by atoms with van der Waals surface area (Å²) in [6.45, 7) is 4.56. The molecule has 2 aromatic rings. The highest BCUT2D eigenvalue weighted by Gasteiger charge is 2.19. The Balaban J connectivity index is 2.04. The summed E-state index contributed by atoms with van der Waals surface area (Å²) in [5, 5.41) is 2.01. The molecule has 3 nitrogen and oxygen atoms in total. The number of ether oxygens (including phenoxy) is 1. The molecule has 0 N–H and O–H groups in total. The summed E-state index contributed by atoms with van der Waals surface area (Å²) >= 11 is 1.64. The van der Waals surface area contributed by atoms with Gasteiger partial charge in [-0.25, -0.2) is 4.79 Å². The van der Waals surface area contributed by atoms with Crippen molar-refractivity contribution in [2.24, 2.45) is 0 Å². The van der Waals surface area contributed by atoms with Gasteiger partial charge in [-0.1, -0.05) is 24.3 Å². The monoisotopic (exact) mass is 275 g/mol. The van der Waals surface area contributed by atoms with E-state index in [4.69, 9.17) is 4.74 Å². The molecule has 0 saturated heterocycles. The van der Waals surface area contributed by atoms with Crippen LogP contribution in [0, 0.1) is 0 Å². The minimum absolute atomic E-state index is 0.0957. The lowest BCUT2D eigenvalue weighted by molar-refractivity contribution is 0.136. The first-order valence-electron chi connectivity index (χ1n) is 6.22. The van der Waals surface area contributed by atoms with Gasteiger partial charge in [0.25, 0.3) is 0 Å². The Morgan fingerprint density at radius 1 is 1.21 bits per heavy atom. The second-order valence-electron chi connectivity index (χ2n) is 4.48. The van der Waals surface area contributed by atoms with Crippen molar-refractivity contribution in [3.63, 3.8) is 0 Å². The van der Waals surface area contributed by atoms with E-state index in [2.05, 4.69) is 0 Å². The highest BCUT2D eigenvalue weighted by molar-refractivity contribution is 7.09. The van der Waals surface area contributed by atoms with Crippen molar-refractivity contribution in [2.75, 3.05) is 0 Å². The molecular formula is C15H17NO2S. The summed E-state index contributed by atoms with van der Waals surface area (Å²) in [5.74, 6) is 0.573. The minimum Gasteiger partial charge on any atom is -0.410 e. The van der Waals surface area contributed by atoms with Gasteiger partial charge < -0.3 is 9.64 Å². The Labute approximate surface area is 117 Å². The van der Waals surface area contributed by atoms with Crippen molar-refractivity contribution in [1.29, 1.82) is 0 Å². The lowest BCUT2D eigenvalue weighted by Gasteiger charge is -2.25. The number of thiophene rings is 1. The number of hydrogen-bond acceptors (Lipinski definition) is 3. The third-order valence-electron chi connectivity index (χ3n) is 2.71. The van der Waals surface area contributed by atoms with Gasteiger partial charge in [-0.3, -0.25) is 0 Å². The molecule has 0 saturated carbocycles. The van der Waals surface area contributed by atoms with Crippen LogP contribution in [0.1, 0.15) is 18.7 Å². The van der Waals surface area contributed by atoms with Crippen LogP contribution >= 0.6 is 11.3 Å². The van der Waals surface area contributed by atoms with Crippen LogP contribution in [0.2, 0.25) is 0 Å². The minimum atomic E-state index is -0.311. The second-order valence-corrected chi connectivity index (χ2v) is 5.51. The van der Waals surface area contributed by atoms with Crippen molar-refractivity contribution in [3.8, 4) is 5.75 Å². The van der Waals surface area contributed by atoms with Crippen molar-refractivity contribution >= 4 is 17.4 Å². The van der Waals surface area contributed by atoms with E-state index in [9.17, 15) is 4.79 Å². The Bertz CT molecular complexity index is 508. The Morgan fingerprint density at radius 3 is 2.53 bits per heavy atom. The van der Waals surface area contributed by atoms with Gasteiger partial charge in [-0.05, 0) is 37.4 Å². The quantitative estimate of drug-likeness (QED) is 0.838. The molecule has 0 fully saturated rings. The molecule has 0 atom stereocenters. The van der Waals surface area contributed by atoms with E-state index in [1.54, 1.807) is 28.4 Å². The predicted octanol–water partition coefficient (Wildman–Crippen LogP) is 4.16. The van der Waals surface area contributed by atoms with Crippen LogP contribution in [-0.2, 0) is 6.54 Å². The molecule has 19 heavy (non-hydrogen) atoms. The van der Waals surface area contributed by atoms with Gasteiger partial charge in [-0.15, -0.1) is 11.3 Å². The number of benzene rings is 1. The SMILES string of the molecule is CC(C)N(Cc1cccs1)C(=O)Oc1ccccc1. The van der Waals surface area contributed by atoms with Crippen molar-refractivity contribution in [3.05, 3.63) is 52.7 Å². The van der Waals surface area contributed by atoms with E-state index < -0.39 is 0 Å². The van der Waals surface area contributed by atoms with Crippen LogP contribution in [0.5, 0.6) is 5.75 Å². The topological polar surface area (TPSA) is 29.5 Å². The summed E-state index contributed by atoms with van der Waals surface area (Å²) in [7, 11) is 0. The summed E-state index contributed by atoms with van der Waals surface area (Å²) in [6, 6.07) is 13.3. The molecule has 4 heteroatoms. The zero-order chi connectivity index (χ0) is 13.7. The molecule has 1 aromatic heterocycles. The van der Waals surface area contributed by atoms with E-state index in [0.717, 1.165) is 4.88 Å². The van der Waals surface area contributed by atoms with Crippen molar-refractivity contribution < 1.29 is 9.53 Å². The molecule has 0 aliphatic heterocycles. The molecule has 1 amide bonds. The van der Waals surface area contributed by atoms with Gasteiger partial charge in [0.1, 0.15) is 5.75 Å². The molecule has 0 spiro atoms. The van der Waals surface area contributed by atoms with E-state index in [0.29, 0.717) is 12.3 Å². The molecule has 0 aliphatic rings. The van der Waals surface area contributed by atoms with Crippen LogP contribution < -0.4 is 4.74 Å². The number of para-hydroxylation sites is 1. The highest BCUT2D eigenvalue weighted by atomic mass is 32.1. The molecule has 1 heterocycles. The average Bonchev–Trinajstić information content (AvgIpc) is 2.89. The van der Waals surface area contributed by atoms with E-state index in [1.807, 2.05) is 49.6 Å². The number of hydrogen-bond donors (Lipinski definition) is 0. The van der Waals surface area contributed by atoms with Gasteiger partial charge in [0.2, 0.25) is 0 Å². The standard InChI is InChI=1S/C15H17NO2S/c1-12(2)16(11-14-9-6-10-19-14)15(17)18-13-7-4-3-5-8-13/h3-10,12H,11H2,1-2H3. The van der Waals surface area contributed by atoms with Gasteiger partial charge in [-0.2, -0.15) is 0 Å². The summed E-state index contributed by atoms with van der Waals surface area (Å²) in [5.41, 5.74) is 0. The van der Waals surface area contributed by atoms with E-state index in [-0.39, 0.29) is 12.1 Å². The fourth-order valence-corrected chi connectivity index (χ4v) is 2.38. The third kappa shape index (κ3) is 3.83. The zero-order valence-corrected chi connectivity index (χ0v) is 11.9. The first kappa shape index (κ1) is 13.6. The number of carbonyl (C=O) groups is 1. The van der Waals surface area contributed by atoms with E-state index >= 15 is 0 Å². The maximum atomic E-state index is 12.2. The molecule has 1 aromatic carbocycles. The Kier molecular flexibility index (Phi) is 4.58. The van der Waals surface area contributed by atoms with Crippen LogP contribution in [-0.4, -0.2) is 17.0 Å². The number of rotatable bonds is 4. The number of carbonyl (C=O) groups excluding carboxylic acids is 1. The van der Waals surface area contributed by atoms with Gasteiger partial charge >= 0.3 is 6.09 Å². The Hall–Kier alpha value is -1.81. The van der Waals surface area contributed by atoms with Gasteiger partial charge in [0, 0.05) is 10.9 Å². The highest BCUT2D eigenvalue weighted by Crippen LogP contribution is 2.17. The average molecular weight is 275 g/mol. The fraction of sp³-hybridized carbons (Fsp3) is 0.267. The lowest BCUT2D eigenvalue weighted by Crippen LogP contribution is -2.38. The molecule has 0 aliphatic carbocycles. The van der Waals surface area contributed by atoms with Crippen LogP contribution in [0.25, 0.3) is 0 Å². The molecular weight excluding hydrogens is 258 g/mol. The maximum absolute atomic E-state index is 12.2. The molecule has 2 rings (SSSR count). The molecule has 0 bridgehead atoms. The summed E-state index contributed by atoms with van der Waals surface area (Å²) < 4.78 is 5.38.